The molecule has 9 heteroatoms. The smallest absolute Gasteiger partial charge is 0.393 e. The predicted molar refractivity (Wildman–Crippen MR) is 70.2 cm³/mol. The zero-order chi connectivity index (χ0) is 16.4. The monoisotopic (exact) mass is 331 g/mol. The summed E-state index contributed by atoms with van der Waals surface area (Å²) in [4.78, 5) is 11.0. The molecule has 0 bridgehead atoms. The van der Waals surface area contributed by atoms with Crippen LogP contribution in [0.1, 0.15) is 33.1 Å². The van der Waals surface area contributed by atoms with Crippen LogP contribution >= 0.6 is 0 Å². The van der Waals surface area contributed by atoms with Gasteiger partial charge in [-0.25, -0.2) is 12.7 Å². The van der Waals surface area contributed by atoms with E-state index in [1.165, 1.54) is 0 Å². The summed E-state index contributed by atoms with van der Waals surface area (Å²) in [5.74, 6) is -5.50. The number of alkyl halides is 3. The SMILES string of the molecule is CCCC(CC)S(=O)(=O)N1C[C@@H](C(F)(F)F)[C@H](C(=O)O)C1. The molecule has 5 nitrogen and oxygen atoms in total. The fourth-order valence-electron chi connectivity index (χ4n) is 2.65. The lowest BCUT2D eigenvalue weighted by Crippen LogP contribution is -2.38. The Labute approximate surface area is 122 Å². The van der Waals surface area contributed by atoms with Crippen molar-refractivity contribution >= 4 is 16.0 Å². The van der Waals surface area contributed by atoms with E-state index in [4.69, 9.17) is 5.11 Å². The van der Waals surface area contributed by atoms with Gasteiger partial charge >= 0.3 is 12.1 Å². The summed E-state index contributed by atoms with van der Waals surface area (Å²) in [6.07, 6.45) is -3.48. The molecule has 1 unspecified atom stereocenters. The molecule has 0 aliphatic carbocycles. The Bertz CT molecular complexity index is 477. The van der Waals surface area contributed by atoms with Gasteiger partial charge < -0.3 is 5.11 Å². The van der Waals surface area contributed by atoms with Crippen LogP contribution in [-0.4, -0.2) is 48.3 Å². The number of rotatable bonds is 6. The van der Waals surface area contributed by atoms with Gasteiger partial charge in [0, 0.05) is 13.1 Å². The highest BCUT2D eigenvalue weighted by Gasteiger charge is 2.55. The van der Waals surface area contributed by atoms with Crippen molar-refractivity contribution in [2.45, 2.75) is 44.5 Å². The lowest BCUT2D eigenvalue weighted by atomic mass is 9.96. The molecule has 1 fully saturated rings. The Balaban J connectivity index is 3.03. The summed E-state index contributed by atoms with van der Waals surface area (Å²) < 4.78 is 64.1. The van der Waals surface area contributed by atoms with Crippen LogP contribution in [0.3, 0.4) is 0 Å². The Morgan fingerprint density at radius 2 is 1.90 bits per heavy atom. The highest BCUT2D eigenvalue weighted by Crippen LogP contribution is 2.39. The van der Waals surface area contributed by atoms with Crippen molar-refractivity contribution in [1.82, 2.24) is 4.31 Å². The summed E-state index contributed by atoms with van der Waals surface area (Å²) in [6.45, 7) is 2.04. The van der Waals surface area contributed by atoms with Crippen molar-refractivity contribution in [3.05, 3.63) is 0 Å². The summed E-state index contributed by atoms with van der Waals surface area (Å²) in [6, 6.07) is 0. The summed E-state index contributed by atoms with van der Waals surface area (Å²) in [5, 5.41) is 8.15. The zero-order valence-electron chi connectivity index (χ0n) is 11.9. The third-order valence-corrected chi connectivity index (χ3v) is 6.30. The van der Waals surface area contributed by atoms with Crippen LogP contribution in [0.25, 0.3) is 0 Å². The second-order valence-corrected chi connectivity index (χ2v) is 7.49. The van der Waals surface area contributed by atoms with Crippen LogP contribution in [-0.2, 0) is 14.8 Å². The standard InChI is InChI=1S/C12H20F3NO4S/c1-3-5-8(4-2)21(19,20)16-6-9(11(17)18)10(7-16)12(13,14)15/h8-10H,3-7H2,1-2H3,(H,17,18)/t8?,9-,10-/m1/s1. The Morgan fingerprint density at radius 3 is 2.24 bits per heavy atom. The first-order valence-corrected chi connectivity index (χ1v) is 8.34. The van der Waals surface area contributed by atoms with Gasteiger partial charge in [-0.2, -0.15) is 13.2 Å². The minimum absolute atomic E-state index is 0.293. The molecule has 21 heavy (non-hydrogen) atoms. The van der Waals surface area contributed by atoms with Gasteiger partial charge in [0.15, 0.2) is 0 Å². The third-order valence-electron chi connectivity index (χ3n) is 3.87. The first-order chi connectivity index (χ1) is 9.55. The molecule has 1 heterocycles. The highest BCUT2D eigenvalue weighted by molar-refractivity contribution is 7.89. The first-order valence-electron chi connectivity index (χ1n) is 6.84. The van der Waals surface area contributed by atoms with Crippen LogP contribution in [0.4, 0.5) is 13.2 Å². The molecular weight excluding hydrogens is 311 g/mol. The Morgan fingerprint density at radius 1 is 1.33 bits per heavy atom. The fourth-order valence-corrected chi connectivity index (χ4v) is 4.77. The highest BCUT2D eigenvalue weighted by atomic mass is 32.2. The molecule has 1 aliphatic rings. The average molecular weight is 331 g/mol. The second kappa shape index (κ2) is 6.51. The number of halogens is 3. The number of hydrogen-bond acceptors (Lipinski definition) is 3. The van der Waals surface area contributed by atoms with E-state index in [1.807, 2.05) is 0 Å². The van der Waals surface area contributed by atoms with Crippen LogP contribution in [0, 0.1) is 11.8 Å². The molecule has 0 aromatic heterocycles. The third kappa shape index (κ3) is 3.88. The minimum atomic E-state index is -4.72. The molecule has 0 aromatic carbocycles. The van der Waals surface area contributed by atoms with E-state index in [0.717, 1.165) is 0 Å². The maximum atomic E-state index is 12.9. The van der Waals surface area contributed by atoms with Crippen molar-refractivity contribution in [3.63, 3.8) is 0 Å². The maximum absolute atomic E-state index is 12.9. The van der Waals surface area contributed by atoms with Crippen molar-refractivity contribution in [3.8, 4) is 0 Å². The molecule has 3 atom stereocenters. The lowest BCUT2D eigenvalue weighted by molar-refractivity contribution is -0.187. The molecule has 0 saturated carbocycles. The van der Waals surface area contributed by atoms with Crippen LogP contribution in [0.2, 0.25) is 0 Å². The van der Waals surface area contributed by atoms with E-state index in [0.29, 0.717) is 23.6 Å². The van der Waals surface area contributed by atoms with Gasteiger partial charge in [0.1, 0.15) is 0 Å². The van der Waals surface area contributed by atoms with E-state index in [9.17, 15) is 26.4 Å². The van der Waals surface area contributed by atoms with Crippen LogP contribution < -0.4 is 0 Å². The van der Waals surface area contributed by atoms with E-state index in [2.05, 4.69) is 0 Å². The maximum Gasteiger partial charge on any atom is 0.393 e. The van der Waals surface area contributed by atoms with E-state index in [-0.39, 0.29) is 0 Å². The summed E-state index contributed by atoms with van der Waals surface area (Å²) >= 11 is 0. The molecule has 0 radical (unpaired) electrons. The van der Waals surface area contributed by atoms with Crippen LogP contribution in [0.15, 0.2) is 0 Å². The van der Waals surface area contributed by atoms with Gasteiger partial charge in [-0.05, 0) is 12.8 Å². The second-order valence-electron chi connectivity index (χ2n) is 5.27. The number of hydrogen-bond donors (Lipinski definition) is 1. The number of carboxylic acids is 1. The largest absolute Gasteiger partial charge is 0.481 e. The molecule has 0 amide bonds. The first kappa shape index (κ1) is 18.2. The quantitative estimate of drug-likeness (QED) is 0.809. The molecule has 1 rings (SSSR count). The van der Waals surface area contributed by atoms with E-state index < -0.39 is 52.3 Å². The summed E-state index contributed by atoms with van der Waals surface area (Å²) in [7, 11) is -3.90. The molecule has 0 aromatic rings. The van der Waals surface area contributed by atoms with Gasteiger partial charge in [-0.1, -0.05) is 20.3 Å². The van der Waals surface area contributed by atoms with Gasteiger partial charge in [0.05, 0.1) is 17.1 Å². The Hall–Kier alpha value is -0.830. The van der Waals surface area contributed by atoms with Gasteiger partial charge in [0.25, 0.3) is 0 Å². The normalized spacial score (nSPS) is 26.0. The topological polar surface area (TPSA) is 74.7 Å². The van der Waals surface area contributed by atoms with Gasteiger partial charge in [-0.3, -0.25) is 4.79 Å². The number of sulfonamides is 1. The molecular formula is C12H20F3NO4S. The molecule has 1 aliphatic heterocycles. The number of carboxylic acid groups (broad SMARTS) is 1. The van der Waals surface area contributed by atoms with E-state index >= 15 is 0 Å². The van der Waals surface area contributed by atoms with Crippen molar-refractivity contribution in [1.29, 1.82) is 0 Å². The van der Waals surface area contributed by atoms with Crippen molar-refractivity contribution < 1.29 is 31.5 Å². The molecule has 1 N–H and O–H groups in total. The minimum Gasteiger partial charge on any atom is -0.481 e. The molecule has 124 valence electrons. The summed E-state index contributed by atoms with van der Waals surface area (Å²) in [5.41, 5.74) is 0. The van der Waals surface area contributed by atoms with Crippen molar-refractivity contribution in [2.75, 3.05) is 13.1 Å². The molecule has 0 spiro atoms. The lowest BCUT2D eigenvalue weighted by Gasteiger charge is -2.23. The van der Waals surface area contributed by atoms with Gasteiger partial charge in [0.2, 0.25) is 10.0 Å². The van der Waals surface area contributed by atoms with E-state index in [1.54, 1.807) is 13.8 Å². The number of aliphatic carboxylic acids is 1. The Kier molecular flexibility index (Phi) is 5.65. The predicted octanol–water partition coefficient (Wildman–Crippen LogP) is 2.09. The zero-order valence-corrected chi connectivity index (χ0v) is 12.7. The van der Waals surface area contributed by atoms with Gasteiger partial charge in [-0.15, -0.1) is 0 Å². The molecule has 1 saturated heterocycles. The number of nitrogens with zero attached hydrogens (tertiary/aromatic N) is 1. The average Bonchev–Trinajstić information content (AvgIpc) is 2.81. The van der Waals surface area contributed by atoms with Crippen LogP contribution in [0.5, 0.6) is 0 Å². The fraction of sp³-hybridized carbons (Fsp3) is 0.917. The number of carbonyl (C=O) groups is 1. The van der Waals surface area contributed by atoms with Crippen molar-refractivity contribution in [2.24, 2.45) is 11.8 Å².